The lowest BCUT2D eigenvalue weighted by atomic mass is 9.91. The number of fused-ring (bicyclic) bond motifs is 1. The number of aromatic amines is 1. The van der Waals surface area contributed by atoms with Gasteiger partial charge in [-0.05, 0) is 57.1 Å². The van der Waals surface area contributed by atoms with Gasteiger partial charge in [0, 0.05) is 18.2 Å². The molecule has 24 heavy (non-hydrogen) atoms. The topological polar surface area (TPSA) is 86.9 Å². The predicted octanol–water partition coefficient (Wildman–Crippen LogP) is 1.42. The zero-order chi connectivity index (χ0) is 16.1. The van der Waals surface area contributed by atoms with Crippen LogP contribution in [0.25, 0.3) is 0 Å². The van der Waals surface area contributed by atoms with Gasteiger partial charge in [-0.2, -0.15) is 5.10 Å². The van der Waals surface area contributed by atoms with Gasteiger partial charge in [0.25, 0.3) is 5.56 Å². The molecular formula is C17H27BrN4O2. The quantitative estimate of drug-likeness (QED) is 0.606. The minimum absolute atomic E-state index is 0. The van der Waals surface area contributed by atoms with Gasteiger partial charge in [0.05, 0.1) is 12.1 Å². The van der Waals surface area contributed by atoms with Crippen LogP contribution in [0.2, 0.25) is 0 Å². The Hall–Kier alpha value is -1.21. The molecule has 1 aromatic heterocycles. The summed E-state index contributed by atoms with van der Waals surface area (Å²) in [6.45, 7) is 1.64. The van der Waals surface area contributed by atoms with Crippen molar-refractivity contribution in [1.82, 2.24) is 20.8 Å². The third-order valence-electron chi connectivity index (χ3n) is 4.92. The van der Waals surface area contributed by atoms with Gasteiger partial charge in [0.15, 0.2) is 0 Å². The first kappa shape index (κ1) is 19.1. The molecule has 1 amide bonds. The molecule has 1 aromatic rings. The van der Waals surface area contributed by atoms with E-state index in [9.17, 15) is 9.59 Å². The average Bonchev–Trinajstić information content (AvgIpc) is 2.52. The van der Waals surface area contributed by atoms with Crippen LogP contribution in [-0.4, -0.2) is 35.2 Å². The van der Waals surface area contributed by atoms with E-state index in [4.69, 9.17) is 0 Å². The van der Waals surface area contributed by atoms with Gasteiger partial charge in [-0.1, -0.05) is 6.42 Å². The van der Waals surface area contributed by atoms with E-state index < -0.39 is 0 Å². The average molecular weight is 399 g/mol. The fourth-order valence-electron chi connectivity index (χ4n) is 3.32. The number of H-pyrrole nitrogens is 1. The molecule has 1 heterocycles. The Morgan fingerprint density at radius 2 is 1.88 bits per heavy atom. The fraction of sp³-hybridized carbons (Fsp3) is 0.706. The Morgan fingerprint density at radius 3 is 2.58 bits per heavy atom. The summed E-state index contributed by atoms with van der Waals surface area (Å²) in [5.41, 5.74) is 2.48. The Kier molecular flexibility index (Phi) is 7.42. The van der Waals surface area contributed by atoms with E-state index in [1.807, 2.05) is 0 Å². The van der Waals surface area contributed by atoms with Gasteiger partial charge in [-0.25, -0.2) is 5.10 Å². The SMILES string of the molecule is Br.O=C(Cc1n[nH]c(=O)c2c1CCCC2)NCCCNC1CCC1. The Bertz CT molecular complexity index is 613. The maximum atomic E-state index is 12.1. The minimum Gasteiger partial charge on any atom is -0.356 e. The lowest BCUT2D eigenvalue weighted by molar-refractivity contribution is -0.120. The summed E-state index contributed by atoms with van der Waals surface area (Å²) < 4.78 is 0. The molecule has 134 valence electrons. The lowest BCUT2D eigenvalue weighted by Gasteiger charge is -2.26. The molecule has 0 unspecified atom stereocenters. The number of rotatable bonds is 7. The number of nitrogens with zero attached hydrogens (tertiary/aromatic N) is 1. The molecule has 2 aliphatic carbocycles. The second-order valence-electron chi connectivity index (χ2n) is 6.63. The molecule has 1 fully saturated rings. The Labute approximate surface area is 153 Å². The van der Waals surface area contributed by atoms with Crippen LogP contribution in [0.4, 0.5) is 0 Å². The summed E-state index contributed by atoms with van der Waals surface area (Å²) in [5.74, 6) is -0.0130. The number of carbonyl (C=O) groups excluding carboxylic acids is 1. The van der Waals surface area contributed by atoms with Crippen LogP contribution in [0, 0.1) is 0 Å². The van der Waals surface area contributed by atoms with Crippen LogP contribution in [0.5, 0.6) is 0 Å². The molecule has 0 saturated heterocycles. The Morgan fingerprint density at radius 1 is 1.12 bits per heavy atom. The normalized spacial score (nSPS) is 16.7. The molecule has 0 aromatic carbocycles. The van der Waals surface area contributed by atoms with E-state index in [1.54, 1.807) is 0 Å². The first-order chi connectivity index (χ1) is 11.2. The number of amides is 1. The smallest absolute Gasteiger partial charge is 0.267 e. The summed E-state index contributed by atoms with van der Waals surface area (Å²) in [6, 6.07) is 0.697. The predicted molar refractivity (Wildman–Crippen MR) is 98.8 cm³/mol. The van der Waals surface area contributed by atoms with Crippen molar-refractivity contribution in [3.63, 3.8) is 0 Å². The summed E-state index contributed by atoms with van der Waals surface area (Å²) in [7, 11) is 0. The molecule has 0 radical (unpaired) electrons. The van der Waals surface area contributed by atoms with Crippen LogP contribution in [0.3, 0.4) is 0 Å². The highest BCUT2D eigenvalue weighted by molar-refractivity contribution is 8.93. The van der Waals surface area contributed by atoms with Crippen molar-refractivity contribution in [3.05, 3.63) is 27.2 Å². The number of hydrogen-bond acceptors (Lipinski definition) is 4. The van der Waals surface area contributed by atoms with E-state index in [0.29, 0.717) is 12.6 Å². The van der Waals surface area contributed by atoms with Crippen LogP contribution >= 0.6 is 17.0 Å². The molecular weight excluding hydrogens is 372 g/mol. The number of halogens is 1. The highest BCUT2D eigenvalue weighted by Crippen LogP contribution is 2.20. The summed E-state index contributed by atoms with van der Waals surface area (Å²) in [4.78, 5) is 23.9. The fourth-order valence-corrected chi connectivity index (χ4v) is 3.32. The number of aromatic nitrogens is 2. The first-order valence-electron chi connectivity index (χ1n) is 8.83. The second kappa shape index (κ2) is 9.32. The van der Waals surface area contributed by atoms with Crippen molar-refractivity contribution >= 4 is 22.9 Å². The van der Waals surface area contributed by atoms with Crippen molar-refractivity contribution in [2.45, 2.75) is 63.8 Å². The van der Waals surface area contributed by atoms with Gasteiger partial charge < -0.3 is 10.6 Å². The first-order valence-corrected chi connectivity index (χ1v) is 8.83. The molecule has 0 spiro atoms. The van der Waals surface area contributed by atoms with E-state index in [2.05, 4.69) is 20.8 Å². The highest BCUT2D eigenvalue weighted by Gasteiger charge is 2.19. The monoisotopic (exact) mass is 398 g/mol. The molecule has 6 nitrogen and oxygen atoms in total. The zero-order valence-corrected chi connectivity index (χ0v) is 15.7. The molecule has 2 aliphatic rings. The molecule has 0 atom stereocenters. The largest absolute Gasteiger partial charge is 0.356 e. The highest BCUT2D eigenvalue weighted by atomic mass is 79.9. The number of nitrogens with one attached hydrogen (secondary N) is 3. The zero-order valence-electron chi connectivity index (χ0n) is 14.0. The number of carbonyl (C=O) groups is 1. The van der Waals surface area contributed by atoms with Crippen LogP contribution < -0.4 is 16.2 Å². The van der Waals surface area contributed by atoms with Crippen molar-refractivity contribution in [1.29, 1.82) is 0 Å². The van der Waals surface area contributed by atoms with E-state index in [0.717, 1.165) is 55.5 Å². The van der Waals surface area contributed by atoms with Gasteiger partial charge in [0.2, 0.25) is 5.91 Å². The minimum atomic E-state index is -0.0917. The molecule has 3 N–H and O–H groups in total. The van der Waals surface area contributed by atoms with Crippen LogP contribution in [0.1, 0.15) is 55.3 Å². The molecule has 0 bridgehead atoms. The van der Waals surface area contributed by atoms with Gasteiger partial charge >= 0.3 is 0 Å². The van der Waals surface area contributed by atoms with Crippen LogP contribution in [0.15, 0.2) is 4.79 Å². The van der Waals surface area contributed by atoms with Gasteiger partial charge in [-0.3, -0.25) is 9.59 Å². The second-order valence-corrected chi connectivity index (χ2v) is 6.63. The lowest BCUT2D eigenvalue weighted by Crippen LogP contribution is -2.37. The third-order valence-corrected chi connectivity index (χ3v) is 4.92. The molecule has 1 saturated carbocycles. The van der Waals surface area contributed by atoms with Gasteiger partial charge in [0.1, 0.15) is 0 Å². The third kappa shape index (κ3) is 4.89. The van der Waals surface area contributed by atoms with E-state index >= 15 is 0 Å². The van der Waals surface area contributed by atoms with Crippen molar-refractivity contribution in [2.24, 2.45) is 0 Å². The summed E-state index contributed by atoms with van der Waals surface area (Å²) in [6.07, 6.45) is 8.89. The maximum absolute atomic E-state index is 12.1. The Balaban J connectivity index is 0.00000208. The van der Waals surface area contributed by atoms with Crippen LogP contribution in [-0.2, 0) is 24.1 Å². The van der Waals surface area contributed by atoms with Gasteiger partial charge in [-0.15, -0.1) is 17.0 Å². The summed E-state index contributed by atoms with van der Waals surface area (Å²) in [5, 5.41) is 13.1. The molecule has 3 rings (SSSR count). The molecule has 0 aliphatic heterocycles. The molecule has 7 heteroatoms. The van der Waals surface area contributed by atoms with E-state index in [-0.39, 0.29) is 34.9 Å². The standard InChI is InChI=1S/C17H26N4O2.BrH/c22-16(19-10-4-9-18-12-5-3-6-12)11-15-13-7-1-2-8-14(13)17(23)21-20-15;/h12,18H,1-11H2,(H,19,22)(H,21,23);1H. The summed E-state index contributed by atoms with van der Waals surface area (Å²) >= 11 is 0. The van der Waals surface area contributed by atoms with Crippen molar-refractivity contribution in [3.8, 4) is 0 Å². The van der Waals surface area contributed by atoms with Crippen molar-refractivity contribution < 1.29 is 4.79 Å². The number of hydrogen-bond donors (Lipinski definition) is 3. The van der Waals surface area contributed by atoms with Crippen molar-refractivity contribution in [2.75, 3.05) is 13.1 Å². The maximum Gasteiger partial charge on any atom is 0.267 e. The van der Waals surface area contributed by atoms with E-state index in [1.165, 1.54) is 19.3 Å².